The van der Waals surface area contributed by atoms with E-state index in [-0.39, 0.29) is 24.2 Å². The van der Waals surface area contributed by atoms with Gasteiger partial charge in [-0.1, -0.05) is 17.7 Å². The van der Waals surface area contributed by atoms with Crippen molar-refractivity contribution in [1.29, 1.82) is 0 Å². The zero-order valence-electron chi connectivity index (χ0n) is 17.4. The van der Waals surface area contributed by atoms with Gasteiger partial charge in [-0.05, 0) is 50.9 Å². The van der Waals surface area contributed by atoms with Gasteiger partial charge in [-0.25, -0.2) is 0 Å². The molecule has 2 fully saturated rings. The second kappa shape index (κ2) is 10.1. The molecule has 1 atom stereocenters. The molecule has 0 bridgehead atoms. The fourth-order valence-electron chi connectivity index (χ4n) is 4.16. The molecule has 2 amide bonds. The summed E-state index contributed by atoms with van der Waals surface area (Å²) in [6.07, 6.45) is 4.90. The van der Waals surface area contributed by atoms with Crippen molar-refractivity contribution in [1.82, 2.24) is 24.9 Å². The fourth-order valence-corrected chi connectivity index (χ4v) is 4.16. The molecule has 7 nitrogen and oxygen atoms in total. The number of aryl methyl sites for hydroxylation is 1. The first-order valence-corrected chi connectivity index (χ1v) is 10.5. The quantitative estimate of drug-likeness (QED) is 0.810. The summed E-state index contributed by atoms with van der Waals surface area (Å²) in [5.41, 5.74) is 2.28. The third-order valence-corrected chi connectivity index (χ3v) is 5.81. The SMILES string of the molecule is Cc1cccc(C(=O)N2CCCN(C(=O)c3ccn(C4CCCNC4)n3)CC2)c1.Cl. The van der Waals surface area contributed by atoms with E-state index in [9.17, 15) is 9.59 Å². The van der Waals surface area contributed by atoms with Gasteiger partial charge in [-0.15, -0.1) is 12.4 Å². The lowest BCUT2D eigenvalue weighted by atomic mass is 10.1. The maximum Gasteiger partial charge on any atom is 0.274 e. The lowest BCUT2D eigenvalue weighted by Gasteiger charge is -2.23. The van der Waals surface area contributed by atoms with E-state index in [1.807, 2.05) is 57.9 Å². The number of hydrogen-bond donors (Lipinski definition) is 1. The van der Waals surface area contributed by atoms with E-state index in [0.717, 1.165) is 37.9 Å². The number of hydrogen-bond acceptors (Lipinski definition) is 4. The lowest BCUT2D eigenvalue weighted by Crippen LogP contribution is -2.37. The average molecular weight is 432 g/mol. The van der Waals surface area contributed by atoms with Crippen LogP contribution in [0.5, 0.6) is 0 Å². The van der Waals surface area contributed by atoms with Crippen LogP contribution in [0.3, 0.4) is 0 Å². The Kier molecular flexibility index (Phi) is 7.50. The van der Waals surface area contributed by atoms with Gasteiger partial charge in [0.25, 0.3) is 11.8 Å². The Morgan fingerprint density at radius 1 is 1.03 bits per heavy atom. The van der Waals surface area contributed by atoms with Crippen LogP contribution in [0.25, 0.3) is 0 Å². The molecular weight excluding hydrogens is 402 g/mol. The molecule has 2 saturated heterocycles. The highest BCUT2D eigenvalue weighted by molar-refractivity contribution is 5.95. The predicted molar refractivity (Wildman–Crippen MR) is 118 cm³/mol. The number of amides is 2. The van der Waals surface area contributed by atoms with E-state index in [1.54, 1.807) is 0 Å². The molecule has 8 heteroatoms. The number of piperidine rings is 1. The molecule has 2 aliphatic heterocycles. The van der Waals surface area contributed by atoms with Gasteiger partial charge >= 0.3 is 0 Å². The van der Waals surface area contributed by atoms with Crippen molar-refractivity contribution in [3.8, 4) is 0 Å². The first-order chi connectivity index (χ1) is 14.1. The smallest absolute Gasteiger partial charge is 0.274 e. The highest BCUT2D eigenvalue weighted by Gasteiger charge is 2.25. The van der Waals surface area contributed by atoms with Gasteiger partial charge in [0.05, 0.1) is 6.04 Å². The van der Waals surface area contributed by atoms with Crippen LogP contribution in [0.2, 0.25) is 0 Å². The molecule has 0 radical (unpaired) electrons. The number of aromatic nitrogens is 2. The lowest BCUT2D eigenvalue weighted by molar-refractivity contribution is 0.0715. The van der Waals surface area contributed by atoms with Crippen LogP contribution in [0, 0.1) is 6.92 Å². The summed E-state index contributed by atoms with van der Waals surface area (Å²) in [7, 11) is 0. The minimum atomic E-state index is -0.0441. The van der Waals surface area contributed by atoms with E-state index < -0.39 is 0 Å². The van der Waals surface area contributed by atoms with Crippen LogP contribution in [-0.4, -0.2) is 70.7 Å². The highest BCUT2D eigenvalue weighted by atomic mass is 35.5. The Labute approximate surface area is 183 Å². The third-order valence-electron chi connectivity index (χ3n) is 5.81. The van der Waals surface area contributed by atoms with Crippen molar-refractivity contribution < 1.29 is 9.59 Å². The molecule has 2 aliphatic rings. The Hall–Kier alpha value is -2.38. The van der Waals surface area contributed by atoms with Gasteiger partial charge in [0.2, 0.25) is 0 Å². The van der Waals surface area contributed by atoms with Gasteiger partial charge in [0.15, 0.2) is 0 Å². The Morgan fingerprint density at radius 3 is 2.50 bits per heavy atom. The number of carbonyl (C=O) groups is 2. The number of nitrogens with zero attached hydrogens (tertiary/aromatic N) is 4. The molecule has 2 aromatic rings. The van der Waals surface area contributed by atoms with Gasteiger partial charge in [0.1, 0.15) is 5.69 Å². The summed E-state index contributed by atoms with van der Waals surface area (Å²) in [5.74, 6) is -0.00514. The summed E-state index contributed by atoms with van der Waals surface area (Å²) in [4.78, 5) is 29.5. The molecule has 1 aromatic carbocycles. The summed E-state index contributed by atoms with van der Waals surface area (Å²) < 4.78 is 1.92. The summed E-state index contributed by atoms with van der Waals surface area (Å²) in [6, 6.07) is 9.81. The van der Waals surface area contributed by atoms with Gasteiger partial charge < -0.3 is 15.1 Å². The minimum Gasteiger partial charge on any atom is -0.337 e. The van der Waals surface area contributed by atoms with E-state index in [4.69, 9.17) is 0 Å². The molecule has 0 saturated carbocycles. The number of nitrogens with one attached hydrogen (secondary N) is 1. The standard InChI is InChI=1S/C22H29N5O2.ClH/c1-17-5-2-6-18(15-17)21(28)25-10-4-11-26(14-13-25)22(29)20-8-12-27(24-20)19-7-3-9-23-16-19;/h2,5-6,8,12,15,19,23H,3-4,7,9-11,13-14,16H2,1H3;1H. The zero-order chi connectivity index (χ0) is 20.2. The third kappa shape index (κ3) is 5.02. The zero-order valence-corrected chi connectivity index (χ0v) is 18.2. The van der Waals surface area contributed by atoms with Crippen molar-refractivity contribution in [3.05, 3.63) is 53.3 Å². The largest absolute Gasteiger partial charge is 0.337 e. The summed E-state index contributed by atoms with van der Waals surface area (Å²) in [6.45, 7) is 6.33. The minimum absolute atomic E-state index is 0. The monoisotopic (exact) mass is 431 g/mol. The van der Waals surface area contributed by atoms with Gasteiger partial charge in [0, 0.05) is 44.5 Å². The molecule has 3 heterocycles. The Balaban J connectivity index is 0.00000256. The summed E-state index contributed by atoms with van der Waals surface area (Å²) in [5, 5.41) is 7.94. The first kappa shape index (κ1) is 22.3. The molecule has 0 aliphatic carbocycles. The number of halogens is 1. The molecule has 4 rings (SSSR count). The van der Waals surface area contributed by atoms with Crippen molar-refractivity contribution in [2.24, 2.45) is 0 Å². The van der Waals surface area contributed by atoms with Crippen molar-refractivity contribution in [3.63, 3.8) is 0 Å². The van der Waals surface area contributed by atoms with E-state index in [0.29, 0.717) is 43.5 Å². The number of benzene rings is 1. The fraction of sp³-hybridized carbons (Fsp3) is 0.500. The van der Waals surface area contributed by atoms with E-state index >= 15 is 0 Å². The van der Waals surface area contributed by atoms with Crippen LogP contribution in [0.15, 0.2) is 36.5 Å². The predicted octanol–water partition coefficient (Wildman–Crippen LogP) is 2.53. The van der Waals surface area contributed by atoms with Crippen LogP contribution >= 0.6 is 12.4 Å². The molecular formula is C22H30ClN5O2. The second-order valence-corrected chi connectivity index (χ2v) is 7.99. The second-order valence-electron chi connectivity index (χ2n) is 7.99. The van der Waals surface area contributed by atoms with Crippen molar-refractivity contribution in [2.75, 3.05) is 39.3 Å². The molecule has 30 heavy (non-hydrogen) atoms. The molecule has 1 aromatic heterocycles. The van der Waals surface area contributed by atoms with Gasteiger partial charge in [-0.3, -0.25) is 14.3 Å². The number of carbonyl (C=O) groups excluding carboxylic acids is 2. The average Bonchev–Trinajstić information content (AvgIpc) is 3.12. The first-order valence-electron chi connectivity index (χ1n) is 10.5. The highest BCUT2D eigenvalue weighted by Crippen LogP contribution is 2.17. The van der Waals surface area contributed by atoms with Gasteiger partial charge in [-0.2, -0.15) is 5.10 Å². The summed E-state index contributed by atoms with van der Waals surface area (Å²) >= 11 is 0. The maximum absolute atomic E-state index is 13.0. The van der Waals surface area contributed by atoms with Crippen molar-refractivity contribution >= 4 is 24.2 Å². The molecule has 162 valence electrons. The van der Waals surface area contributed by atoms with Crippen LogP contribution in [0.4, 0.5) is 0 Å². The van der Waals surface area contributed by atoms with Crippen molar-refractivity contribution in [2.45, 2.75) is 32.2 Å². The van der Waals surface area contributed by atoms with Crippen LogP contribution in [0.1, 0.15) is 51.7 Å². The Morgan fingerprint density at radius 2 is 1.80 bits per heavy atom. The topological polar surface area (TPSA) is 70.5 Å². The normalized spacial score (nSPS) is 19.7. The van der Waals surface area contributed by atoms with Crippen LogP contribution in [-0.2, 0) is 0 Å². The maximum atomic E-state index is 13.0. The molecule has 1 unspecified atom stereocenters. The Bertz CT molecular complexity index is 878. The molecule has 0 spiro atoms. The van der Waals surface area contributed by atoms with E-state index in [2.05, 4.69) is 10.4 Å². The molecule has 1 N–H and O–H groups in total. The van der Waals surface area contributed by atoms with Crippen LogP contribution < -0.4 is 5.32 Å². The van der Waals surface area contributed by atoms with E-state index in [1.165, 1.54) is 0 Å². The number of rotatable bonds is 3.